The summed E-state index contributed by atoms with van der Waals surface area (Å²) in [5.41, 5.74) is 6.45. The van der Waals surface area contributed by atoms with Gasteiger partial charge in [0.2, 0.25) is 11.8 Å². The van der Waals surface area contributed by atoms with Gasteiger partial charge in [-0.05, 0) is 25.0 Å². The summed E-state index contributed by atoms with van der Waals surface area (Å²) in [6, 6.07) is 4.69. The van der Waals surface area contributed by atoms with E-state index in [1.54, 1.807) is 6.20 Å². The number of nitrogens with two attached hydrogens (primary N) is 1. The summed E-state index contributed by atoms with van der Waals surface area (Å²) in [4.78, 5) is 27.5. The van der Waals surface area contributed by atoms with Gasteiger partial charge in [0.05, 0.1) is 24.3 Å². The quantitative estimate of drug-likeness (QED) is 0.700. The second kappa shape index (κ2) is 7.59. The van der Waals surface area contributed by atoms with E-state index in [0.29, 0.717) is 0 Å². The van der Waals surface area contributed by atoms with Crippen molar-refractivity contribution in [3.63, 3.8) is 0 Å². The Labute approximate surface area is 119 Å². The highest BCUT2D eigenvalue weighted by Gasteiger charge is 2.18. The van der Waals surface area contributed by atoms with Crippen molar-refractivity contribution in [1.82, 2.24) is 15.6 Å². The predicted molar refractivity (Wildman–Crippen MR) is 76.6 cm³/mol. The maximum absolute atomic E-state index is 11.7. The highest BCUT2D eigenvalue weighted by molar-refractivity contribution is 5.87. The molecule has 0 saturated carbocycles. The summed E-state index contributed by atoms with van der Waals surface area (Å²) in [6.07, 6.45) is 1.67. The Kier molecular flexibility index (Phi) is 6.11. The number of rotatable bonds is 6. The second-order valence-corrected chi connectivity index (χ2v) is 5.03. The van der Waals surface area contributed by atoms with Gasteiger partial charge in [-0.25, -0.2) is 0 Å². The Bertz CT molecular complexity index is 448. The summed E-state index contributed by atoms with van der Waals surface area (Å²) in [6.45, 7) is 5.46. The number of aromatic nitrogens is 1. The van der Waals surface area contributed by atoms with Gasteiger partial charge in [0.25, 0.3) is 0 Å². The minimum absolute atomic E-state index is 0.0329. The lowest BCUT2D eigenvalue weighted by Crippen LogP contribution is -2.47. The first-order valence-corrected chi connectivity index (χ1v) is 6.65. The zero-order chi connectivity index (χ0) is 15.1. The van der Waals surface area contributed by atoms with E-state index in [-0.39, 0.29) is 30.3 Å². The number of carbonyl (C=O) groups excluding carboxylic acids is 2. The Morgan fingerprint density at radius 3 is 2.55 bits per heavy atom. The fourth-order valence-electron chi connectivity index (χ4n) is 1.59. The molecule has 0 aliphatic heterocycles. The first kappa shape index (κ1) is 16.1. The van der Waals surface area contributed by atoms with Crippen LogP contribution in [0.2, 0.25) is 0 Å². The maximum Gasteiger partial charge on any atom is 0.239 e. The Balaban J connectivity index is 2.39. The highest BCUT2D eigenvalue weighted by atomic mass is 16.2. The fraction of sp³-hybridized carbons (Fsp3) is 0.500. The van der Waals surface area contributed by atoms with Gasteiger partial charge in [0.15, 0.2) is 0 Å². The zero-order valence-corrected chi connectivity index (χ0v) is 12.1. The molecule has 0 radical (unpaired) electrons. The smallest absolute Gasteiger partial charge is 0.239 e. The number of amides is 2. The molecule has 110 valence electrons. The Morgan fingerprint density at radius 2 is 2.00 bits per heavy atom. The third-order valence-electron chi connectivity index (χ3n) is 2.95. The van der Waals surface area contributed by atoms with Crippen molar-refractivity contribution >= 4 is 11.8 Å². The molecular formula is C14H22N4O2. The summed E-state index contributed by atoms with van der Waals surface area (Å²) in [7, 11) is 0. The van der Waals surface area contributed by atoms with Crippen LogP contribution in [0.3, 0.4) is 0 Å². The number of nitrogens with one attached hydrogen (secondary N) is 2. The van der Waals surface area contributed by atoms with Crippen molar-refractivity contribution in [2.45, 2.75) is 32.9 Å². The molecule has 6 nitrogen and oxygen atoms in total. The topological polar surface area (TPSA) is 97.1 Å². The predicted octanol–water partition coefficient (Wildman–Crippen LogP) is 0.358. The van der Waals surface area contributed by atoms with Crippen LogP contribution in [-0.4, -0.2) is 29.4 Å². The zero-order valence-electron chi connectivity index (χ0n) is 12.1. The van der Waals surface area contributed by atoms with Gasteiger partial charge in [0.1, 0.15) is 0 Å². The SMILES string of the molecule is CC(C)[C@H](N)C(=O)NCC(=O)N[C@@H](C)c1ccccn1. The van der Waals surface area contributed by atoms with Gasteiger partial charge in [-0.15, -0.1) is 0 Å². The van der Waals surface area contributed by atoms with Crippen molar-refractivity contribution < 1.29 is 9.59 Å². The average Bonchev–Trinajstić information content (AvgIpc) is 2.44. The van der Waals surface area contributed by atoms with E-state index in [2.05, 4.69) is 15.6 Å². The van der Waals surface area contributed by atoms with Crippen LogP contribution in [0.25, 0.3) is 0 Å². The van der Waals surface area contributed by atoms with Gasteiger partial charge in [-0.2, -0.15) is 0 Å². The van der Waals surface area contributed by atoms with E-state index in [0.717, 1.165) is 5.69 Å². The molecule has 1 aromatic rings. The molecular weight excluding hydrogens is 256 g/mol. The van der Waals surface area contributed by atoms with Crippen molar-refractivity contribution in [2.24, 2.45) is 11.7 Å². The van der Waals surface area contributed by atoms with E-state index in [1.165, 1.54) is 0 Å². The highest BCUT2D eigenvalue weighted by Crippen LogP contribution is 2.07. The average molecular weight is 278 g/mol. The molecule has 20 heavy (non-hydrogen) atoms. The van der Waals surface area contributed by atoms with Crippen LogP contribution in [0.5, 0.6) is 0 Å². The van der Waals surface area contributed by atoms with Crippen LogP contribution in [0.15, 0.2) is 24.4 Å². The van der Waals surface area contributed by atoms with Crippen molar-refractivity contribution in [1.29, 1.82) is 0 Å². The maximum atomic E-state index is 11.7. The first-order valence-electron chi connectivity index (χ1n) is 6.65. The standard InChI is InChI=1S/C14H22N4O2/c1-9(2)13(15)14(20)17-8-12(19)18-10(3)11-6-4-5-7-16-11/h4-7,9-10,13H,8,15H2,1-3H3,(H,17,20)(H,18,19)/t10-,13-/m0/s1. The Morgan fingerprint density at radius 1 is 1.30 bits per heavy atom. The molecule has 2 atom stereocenters. The van der Waals surface area contributed by atoms with E-state index in [1.807, 2.05) is 39.0 Å². The number of hydrogen-bond acceptors (Lipinski definition) is 4. The third-order valence-corrected chi connectivity index (χ3v) is 2.95. The number of pyridine rings is 1. The van der Waals surface area contributed by atoms with E-state index in [4.69, 9.17) is 5.73 Å². The van der Waals surface area contributed by atoms with Crippen LogP contribution < -0.4 is 16.4 Å². The molecule has 1 heterocycles. The molecule has 0 fully saturated rings. The van der Waals surface area contributed by atoms with Gasteiger partial charge in [-0.1, -0.05) is 19.9 Å². The van der Waals surface area contributed by atoms with E-state index in [9.17, 15) is 9.59 Å². The lowest BCUT2D eigenvalue weighted by atomic mass is 10.1. The van der Waals surface area contributed by atoms with Crippen LogP contribution in [0, 0.1) is 5.92 Å². The first-order chi connectivity index (χ1) is 9.41. The van der Waals surface area contributed by atoms with E-state index >= 15 is 0 Å². The summed E-state index contributed by atoms with van der Waals surface area (Å²) in [5, 5.41) is 5.29. The molecule has 6 heteroatoms. The Hall–Kier alpha value is -1.95. The summed E-state index contributed by atoms with van der Waals surface area (Å²) >= 11 is 0. The normalized spacial score (nSPS) is 13.7. The van der Waals surface area contributed by atoms with Gasteiger partial charge in [-0.3, -0.25) is 14.6 Å². The van der Waals surface area contributed by atoms with Crippen LogP contribution in [0.1, 0.15) is 32.5 Å². The molecule has 0 unspecified atom stereocenters. The van der Waals surface area contributed by atoms with Gasteiger partial charge < -0.3 is 16.4 Å². The minimum atomic E-state index is -0.601. The third kappa shape index (κ3) is 4.97. The second-order valence-electron chi connectivity index (χ2n) is 5.03. The molecule has 1 aromatic heterocycles. The van der Waals surface area contributed by atoms with Crippen molar-refractivity contribution in [3.8, 4) is 0 Å². The van der Waals surface area contributed by atoms with Gasteiger partial charge >= 0.3 is 0 Å². The number of hydrogen-bond donors (Lipinski definition) is 3. The lowest BCUT2D eigenvalue weighted by Gasteiger charge is -2.16. The molecule has 0 bridgehead atoms. The van der Waals surface area contributed by atoms with Crippen LogP contribution >= 0.6 is 0 Å². The van der Waals surface area contributed by atoms with Gasteiger partial charge in [0, 0.05) is 6.20 Å². The molecule has 4 N–H and O–H groups in total. The molecule has 0 aromatic carbocycles. The molecule has 1 rings (SSSR count). The summed E-state index contributed by atoms with van der Waals surface area (Å²) in [5.74, 6) is -0.557. The monoisotopic (exact) mass is 278 g/mol. The fourth-order valence-corrected chi connectivity index (χ4v) is 1.59. The van der Waals surface area contributed by atoms with Crippen LogP contribution in [0.4, 0.5) is 0 Å². The lowest BCUT2D eigenvalue weighted by molar-refractivity contribution is -0.127. The molecule has 2 amide bonds. The molecule has 0 aliphatic carbocycles. The minimum Gasteiger partial charge on any atom is -0.346 e. The van der Waals surface area contributed by atoms with E-state index < -0.39 is 6.04 Å². The summed E-state index contributed by atoms with van der Waals surface area (Å²) < 4.78 is 0. The van der Waals surface area contributed by atoms with Crippen molar-refractivity contribution in [3.05, 3.63) is 30.1 Å². The molecule has 0 aliphatic rings. The molecule has 0 saturated heterocycles. The van der Waals surface area contributed by atoms with Crippen LogP contribution in [-0.2, 0) is 9.59 Å². The number of nitrogens with zero attached hydrogens (tertiary/aromatic N) is 1. The van der Waals surface area contributed by atoms with Crippen molar-refractivity contribution in [2.75, 3.05) is 6.54 Å². The largest absolute Gasteiger partial charge is 0.346 e. The number of carbonyl (C=O) groups is 2. The molecule has 0 spiro atoms.